The van der Waals surface area contributed by atoms with E-state index in [2.05, 4.69) is 35.2 Å². The fourth-order valence-corrected chi connectivity index (χ4v) is 2.36. The molecule has 0 bridgehead atoms. The number of hydrogen-bond acceptors (Lipinski definition) is 4. The van der Waals surface area contributed by atoms with Crippen molar-refractivity contribution in [1.82, 2.24) is 10.3 Å². The molecular formula is C14H23N3O. The molecule has 18 heavy (non-hydrogen) atoms. The van der Waals surface area contributed by atoms with Crippen molar-refractivity contribution in [2.45, 2.75) is 32.4 Å². The molecule has 2 rings (SSSR count). The summed E-state index contributed by atoms with van der Waals surface area (Å²) in [5.74, 6) is 0. The highest BCUT2D eigenvalue weighted by Gasteiger charge is 2.18. The fraction of sp³-hybridized carbons (Fsp3) is 0.643. The molecule has 1 saturated heterocycles. The lowest BCUT2D eigenvalue weighted by molar-refractivity contribution is 0.116. The van der Waals surface area contributed by atoms with Crippen molar-refractivity contribution in [3.05, 3.63) is 24.0 Å². The minimum absolute atomic E-state index is 0.377. The summed E-state index contributed by atoms with van der Waals surface area (Å²) < 4.78 is 5.69. The van der Waals surface area contributed by atoms with Gasteiger partial charge in [-0.05, 0) is 31.0 Å². The van der Waals surface area contributed by atoms with Gasteiger partial charge in [0.05, 0.1) is 18.0 Å². The Labute approximate surface area is 109 Å². The zero-order valence-corrected chi connectivity index (χ0v) is 11.4. The molecule has 0 aliphatic carbocycles. The largest absolute Gasteiger partial charge is 0.376 e. The normalized spacial score (nSPS) is 19.1. The molecule has 0 saturated carbocycles. The molecule has 1 unspecified atom stereocenters. The first-order valence-corrected chi connectivity index (χ1v) is 6.77. The Morgan fingerprint density at radius 3 is 3.17 bits per heavy atom. The van der Waals surface area contributed by atoms with Crippen LogP contribution in [0.25, 0.3) is 0 Å². The first kappa shape index (κ1) is 13.3. The molecular weight excluding hydrogens is 226 g/mol. The Morgan fingerprint density at radius 1 is 1.56 bits per heavy atom. The SMILES string of the molecule is CCNCc1ccncc1N(C)CC1CCCO1. The summed E-state index contributed by atoms with van der Waals surface area (Å²) in [5.41, 5.74) is 2.50. The summed E-state index contributed by atoms with van der Waals surface area (Å²) in [6.45, 7) is 5.86. The maximum atomic E-state index is 5.69. The van der Waals surface area contributed by atoms with Gasteiger partial charge in [-0.2, -0.15) is 0 Å². The van der Waals surface area contributed by atoms with Crippen LogP contribution in [0.3, 0.4) is 0 Å². The van der Waals surface area contributed by atoms with E-state index in [1.165, 1.54) is 24.1 Å². The highest BCUT2D eigenvalue weighted by atomic mass is 16.5. The molecule has 0 radical (unpaired) electrons. The third-order valence-electron chi connectivity index (χ3n) is 3.37. The first-order chi connectivity index (χ1) is 8.81. The summed E-state index contributed by atoms with van der Waals surface area (Å²) >= 11 is 0. The lowest BCUT2D eigenvalue weighted by Gasteiger charge is -2.24. The van der Waals surface area contributed by atoms with Crippen molar-refractivity contribution in [2.75, 3.05) is 31.6 Å². The molecule has 1 N–H and O–H groups in total. The molecule has 0 aromatic carbocycles. The smallest absolute Gasteiger partial charge is 0.0750 e. The van der Waals surface area contributed by atoms with Gasteiger partial charge in [0.1, 0.15) is 0 Å². The van der Waals surface area contributed by atoms with E-state index in [-0.39, 0.29) is 0 Å². The molecule has 0 amide bonds. The van der Waals surface area contributed by atoms with E-state index in [4.69, 9.17) is 4.74 Å². The summed E-state index contributed by atoms with van der Waals surface area (Å²) in [6, 6.07) is 2.09. The molecule has 1 aliphatic heterocycles. The molecule has 0 spiro atoms. The van der Waals surface area contributed by atoms with E-state index < -0.39 is 0 Å². The van der Waals surface area contributed by atoms with Crippen LogP contribution in [0.2, 0.25) is 0 Å². The van der Waals surface area contributed by atoms with Crippen molar-refractivity contribution in [1.29, 1.82) is 0 Å². The van der Waals surface area contributed by atoms with Gasteiger partial charge in [-0.25, -0.2) is 0 Å². The minimum Gasteiger partial charge on any atom is -0.376 e. The van der Waals surface area contributed by atoms with Crippen LogP contribution >= 0.6 is 0 Å². The van der Waals surface area contributed by atoms with E-state index >= 15 is 0 Å². The van der Waals surface area contributed by atoms with Crippen molar-refractivity contribution in [2.24, 2.45) is 0 Å². The molecule has 2 heterocycles. The topological polar surface area (TPSA) is 37.4 Å². The Morgan fingerprint density at radius 2 is 2.44 bits per heavy atom. The van der Waals surface area contributed by atoms with Gasteiger partial charge in [-0.15, -0.1) is 0 Å². The second-order valence-corrected chi connectivity index (χ2v) is 4.80. The van der Waals surface area contributed by atoms with E-state index in [9.17, 15) is 0 Å². The lowest BCUT2D eigenvalue weighted by Crippen LogP contribution is -2.30. The number of nitrogens with one attached hydrogen (secondary N) is 1. The average Bonchev–Trinajstić information content (AvgIpc) is 2.89. The molecule has 4 nitrogen and oxygen atoms in total. The van der Waals surface area contributed by atoms with Crippen molar-refractivity contribution >= 4 is 5.69 Å². The van der Waals surface area contributed by atoms with Gasteiger partial charge >= 0.3 is 0 Å². The molecule has 1 aromatic heterocycles. The third-order valence-corrected chi connectivity index (χ3v) is 3.37. The van der Waals surface area contributed by atoms with Gasteiger partial charge in [0.2, 0.25) is 0 Å². The maximum absolute atomic E-state index is 5.69. The van der Waals surface area contributed by atoms with E-state index in [0.29, 0.717) is 6.10 Å². The van der Waals surface area contributed by atoms with Crippen LogP contribution in [-0.2, 0) is 11.3 Å². The highest BCUT2D eigenvalue weighted by Crippen LogP contribution is 2.20. The van der Waals surface area contributed by atoms with Crippen LogP contribution in [-0.4, -0.2) is 37.8 Å². The van der Waals surface area contributed by atoms with Gasteiger partial charge < -0.3 is 15.0 Å². The Kier molecular flexibility index (Phi) is 4.96. The Hall–Kier alpha value is -1.13. The molecule has 100 valence electrons. The number of nitrogens with zero attached hydrogens (tertiary/aromatic N) is 2. The van der Waals surface area contributed by atoms with Gasteiger partial charge in [-0.3, -0.25) is 4.98 Å². The van der Waals surface area contributed by atoms with Gasteiger partial charge in [0.15, 0.2) is 0 Å². The van der Waals surface area contributed by atoms with Crippen LogP contribution in [0.15, 0.2) is 18.5 Å². The van der Waals surface area contributed by atoms with Crippen LogP contribution in [0.5, 0.6) is 0 Å². The van der Waals surface area contributed by atoms with Crippen molar-refractivity contribution in [3.63, 3.8) is 0 Å². The minimum atomic E-state index is 0.377. The Balaban J connectivity index is 2.00. The number of likely N-dealkylation sites (N-methyl/N-ethyl adjacent to an activating group) is 1. The molecule has 1 aliphatic rings. The van der Waals surface area contributed by atoms with Gasteiger partial charge in [0, 0.05) is 32.9 Å². The number of hydrogen-bond donors (Lipinski definition) is 1. The molecule has 1 fully saturated rings. The van der Waals surface area contributed by atoms with Gasteiger partial charge in [-0.1, -0.05) is 6.92 Å². The van der Waals surface area contributed by atoms with Crippen LogP contribution < -0.4 is 10.2 Å². The zero-order chi connectivity index (χ0) is 12.8. The number of aromatic nitrogens is 1. The number of rotatable bonds is 6. The fourth-order valence-electron chi connectivity index (χ4n) is 2.36. The summed E-state index contributed by atoms with van der Waals surface area (Å²) in [4.78, 5) is 6.50. The highest BCUT2D eigenvalue weighted by molar-refractivity contribution is 5.51. The predicted octanol–water partition coefficient (Wildman–Crippen LogP) is 1.81. The van der Waals surface area contributed by atoms with Gasteiger partial charge in [0.25, 0.3) is 0 Å². The predicted molar refractivity (Wildman–Crippen MR) is 73.9 cm³/mol. The zero-order valence-electron chi connectivity index (χ0n) is 11.4. The van der Waals surface area contributed by atoms with Crippen LogP contribution in [0, 0.1) is 0 Å². The average molecular weight is 249 g/mol. The number of ether oxygens (including phenoxy) is 1. The third kappa shape index (κ3) is 3.43. The second kappa shape index (κ2) is 6.71. The number of pyridine rings is 1. The summed E-state index contributed by atoms with van der Waals surface area (Å²) in [5, 5.41) is 3.37. The Bertz CT molecular complexity index is 364. The maximum Gasteiger partial charge on any atom is 0.0750 e. The second-order valence-electron chi connectivity index (χ2n) is 4.80. The first-order valence-electron chi connectivity index (χ1n) is 6.77. The monoisotopic (exact) mass is 249 g/mol. The van der Waals surface area contributed by atoms with Crippen molar-refractivity contribution < 1.29 is 4.74 Å². The van der Waals surface area contributed by atoms with E-state index in [0.717, 1.165) is 26.2 Å². The van der Waals surface area contributed by atoms with Crippen LogP contribution in [0.1, 0.15) is 25.3 Å². The number of anilines is 1. The van der Waals surface area contributed by atoms with E-state index in [1.807, 2.05) is 12.4 Å². The summed E-state index contributed by atoms with van der Waals surface area (Å²) in [6.07, 6.45) is 6.54. The quantitative estimate of drug-likeness (QED) is 0.834. The van der Waals surface area contributed by atoms with Crippen LogP contribution in [0.4, 0.5) is 5.69 Å². The molecule has 1 aromatic rings. The molecule has 1 atom stereocenters. The summed E-state index contributed by atoms with van der Waals surface area (Å²) in [7, 11) is 2.12. The molecule has 4 heteroatoms. The van der Waals surface area contributed by atoms with Crippen molar-refractivity contribution in [3.8, 4) is 0 Å². The standard InChI is InChI=1S/C14H23N3O/c1-3-15-9-12-6-7-16-10-14(12)17(2)11-13-5-4-8-18-13/h6-7,10,13,15H,3-5,8-9,11H2,1-2H3. The van der Waals surface area contributed by atoms with E-state index in [1.54, 1.807) is 0 Å². The lowest BCUT2D eigenvalue weighted by atomic mass is 10.2.